The van der Waals surface area contributed by atoms with Crippen molar-refractivity contribution in [2.75, 3.05) is 40.9 Å². The number of likely N-dealkylation sites (N-methyl/N-ethyl adjacent to an activating group) is 1. The van der Waals surface area contributed by atoms with Gasteiger partial charge in [-0.15, -0.1) is 0 Å². The van der Waals surface area contributed by atoms with Crippen molar-refractivity contribution >= 4 is 13.7 Å². The van der Waals surface area contributed by atoms with Crippen LogP contribution in [0.15, 0.2) is 97.2 Å². The Morgan fingerprint density at radius 3 is 0.967 bits per heavy atom. The van der Waals surface area contributed by atoms with Crippen molar-refractivity contribution < 1.29 is 32.9 Å². The number of carbonyl (C=O) groups is 1. The summed E-state index contributed by atoms with van der Waals surface area (Å²) in [5.74, 6) is -0.175. The second-order valence-electron chi connectivity index (χ2n) is 27.7. The molecule has 0 aromatic heterocycles. The first-order chi connectivity index (χ1) is 44.5. The molecular weight excluding hydrogens is 1140 g/mol. The third-order valence-electron chi connectivity index (χ3n) is 17.6. The van der Waals surface area contributed by atoms with E-state index in [1.165, 1.54) is 263 Å². The molecular formula is C82H152N2O6P+. The summed E-state index contributed by atoms with van der Waals surface area (Å²) in [5.41, 5.74) is 0. The van der Waals surface area contributed by atoms with Gasteiger partial charge in [0.1, 0.15) is 13.2 Å². The minimum absolute atomic E-state index is 0.0596. The van der Waals surface area contributed by atoms with Crippen LogP contribution in [0.25, 0.3) is 0 Å². The van der Waals surface area contributed by atoms with Gasteiger partial charge < -0.3 is 19.8 Å². The molecule has 8 nitrogen and oxygen atoms in total. The Balaban J connectivity index is 4.02. The van der Waals surface area contributed by atoms with E-state index >= 15 is 0 Å². The van der Waals surface area contributed by atoms with E-state index < -0.39 is 20.0 Å². The van der Waals surface area contributed by atoms with Gasteiger partial charge in [-0.2, -0.15) is 0 Å². The number of carbonyl (C=O) groups excluding carboxylic acids is 1. The van der Waals surface area contributed by atoms with Crippen LogP contribution in [-0.2, 0) is 18.4 Å². The fraction of sp³-hybridized carbons (Fsp3) is 0.793. The van der Waals surface area contributed by atoms with Gasteiger partial charge >= 0.3 is 7.82 Å². The molecule has 0 aliphatic rings. The van der Waals surface area contributed by atoms with Crippen LogP contribution in [0.1, 0.15) is 367 Å². The summed E-state index contributed by atoms with van der Waals surface area (Å²) in [6, 6.07) is -0.853. The normalized spacial score (nSPS) is 14.1. The Bertz CT molecular complexity index is 1810. The summed E-state index contributed by atoms with van der Waals surface area (Å²) in [7, 11) is 1.58. The molecule has 0 aliphatic carbocycles. The summed E-state index contributed by atoms with van der Waals surface area (Å²) in [6.45, 7) is 4.74. The van der Waals surface area contributed by atoms with Crippen molar-refractivity contribution in [1.29, 1.82) is 0 Å². The van der Waals surface area contributed by atoms with E-state index in [1.807, 2.05) is 27.2 Å². The molecule has 0 saturated carbocycles. The van der Waals surface area contributed by atoms with Crippen molar-refractivity contribution in [2.45, 2.75) is 379 Å². The van der Waals surface area contributed by atoms with Crippen molar-refractivity contribution in [2.24, 2.45) is 0 Å². The smallest absolute Gasteiger partial charge is 0.387 e. The summed E-state index contributed by atoms with van der Waals surface area (Å²) in [5, 5.41) is 14.1. The summed E-state index contributed by atoms with van der Waals surface area (Å²) >= 11 is 0. The predicted molar refractivity (Wildman–Crippen MR) is 401 cm³/mol. The number of aliphatic hydroxyl groups excluding tert-OH is 1. The second-order valence-corrected chi connectivity index (χ2v) is 29.2. The van der Waals surface area contributed by atoms with Gasteiger partial charge in [-0.25, -0.2) is 4.57 Å². The monoisotopic (exact) mass is 1290 g/mol. The van der Waals surface area contributed by atoms with Gasteiger partial charge in [0, 0.05) is 6.42 Å². The van der Waals surface area contributed by atoms with Gasteiger partial charge in [-0.05, 0) is 77.0 Å². The molecule has 0 saturated heterocycles. The van der Waals surface area contributed by atoms with Crippen LogP contribution >= 0.6 is 7.82 Å². The highest BCUT2D eigenvalue weighted by Gasteiger charge is 2.28. The lowest BCUT2D eigenvalue weighted by atomic mass is 10.0. The van der Waals surface area contributed by atoms with E-state index in [0.717, 1.165) is 83.5 Å². The lowest BCUT2D eigenvalue weighted by Crippen LogP contribution is -2.45. The number of phosphoric acid groups is 1. The Morgan fingerprint density at radius 1 is 0.385 bits per heavy atom. The molecule has 3 N–H and O–H groups in total. The SMILES string of the molecule is CC/C=C\C/C=C\C/C=C\C/C=C\C/C=C\C/C=C\C/C=C\CCCCCCCCCCCCCCCCCC(=O)NC(COP(=O)(O)OCC[N+](C)(C)C)C(O)/C=C/CCCCCCCCCCCCCCCCCCCCCCCCCCCCCCCC. The van der Waals surface area contributed by atoms with Gasteiger partial charge in [0.15, 0.2) is 0 Å². The number of nitrogens with one attached hydrogen (secondary N) is 1. The quantitative estimate of drug-likeness (QED) is 0.0243. The van der Waals surface area contributed by atoms with Crippen LogP contribution in [0.5, 0.6) is 0 Å². The van der Waals surface area contributed by atoms with Gasteiger partial charge in [0.2, 0.25) is 5.91 Å². The van der Waals surface area contributed by atoms with E-state index in [2.05, 4.69) is 104 Å². The summed E-state index contributed by atoms with van der Waals surface area (Å²) in [4.78, 5) is 23.5. The number of allylic oxidation sites excluding steroid dienone is 15. The fourth-order valence-corrected chi connectivity index (χ4v) is 12.3. The maximum atomic E-state index is 13.1. The minimum Gasteiger partial charge on any atom is -0.387 e. The fourth-order valence-electron chi connectivity index (χ4n) is 11.6. The topological polar surface area (TPSA) is 105 Å². The molecule has 0 aromatic carbocycles. The highest BCUT2D eigenvalue weighted by atomic mass is 31.2. The zero-order chi connectivity index (χ0) is 66.2. The maximum absolute atomic E-state index is 13.1. The summed E-state index contributed by atoms with van der Waals surface area (Å²) in [6.07, 6.45) is 104. The number of quaternary nitrogens is 1. The number of rotatable bonds is 72. The zero-order valence-corrected chi connectivity index (χ0v) is 61.7. The van der Waals surface area contributed by atoms with Crippen molar-refractivity contribution in [3.63, 3.8) is 0 Å². The molecule has 0 fully saturated rings. The molecule has 0 bridgehead atoms. The van der Waals surface area contributed by atoms with E-state index in [9.17, 15) is 19.4 Å². The molecule has 0 aliphatic heterocycles. The third kappa shape index (κ3) is 74.7. The lowest BCUT2D eigenvalue weighted by Gasteiger charge is -2.25. The number of phosphoric ester groups is 1. The summed E-state index contributed by atoms with van der Waals surface area (Å²) < 4.78 is 23.9. The number of hydrogen-bond donors (Lipinski definition) is 3. The lowest BCUT2D eigenvalue weighted by molar-refractivity contribution is -0.870. The largest absolute Gasteiger partial charge is 0.472 e. The highest BCUT2D eigenvalue weighted by Crippen LogP contribution is 2.43. The van der Waals surface area contributed by atoms with Gasteiger partial charge in [-0.1, -0.05) is 381 Å². The molecule has 9 heteroatoms. The van der Waals surface area contributed by atoms with E-state index in [1.54, 1.807) is 6.08 Å². The first kappa shape index (κ1) is 88.4. The average molecular weight is 1290 g/mol. The first-order valence-corrected chi connectivity index (χ1v) is 40.6. The Labute approximate surface area is 566 Å². The Morgan fingerprint density at radius 2 is 0.659 bits per heavy atom. The highest BCUT2D eigenvalue weighted by molar-refractivity contribution is 7.47. The van der Waals surface area contributed by atoms with Crippen molar-refractivity contribution in [3.05, 3.63) is 97.2 Å². The van der Waals surface area contributed by atoms with Crippen LogP contribution in [0.3, 0.4) is 0 Å². The maximum Gasteiger partial charge on any atom is 0.472 e. The molecule has 0 aromatic rings. The predicted octanol–water partition coefficient (Wildman–Crippen LogP) is 25.6. The average Bonchev–Trinajstić information content (AvgIpc) is 3.42. The molecule has 3 atom stereocenters. The van der Waals surface area contributed by atoms with Gasteiger partial charge in [-0.3, -0.25) is 13.8 Å². The number of nitrogens with zero attached hydrogens (tertiary/aromatic N) is 1. The zero-order valence-electron chi connectivity index (χ0n) is 60.8. The third-order valence-corrected chi connectivity index (χ3v) is 18.5. The first-order valence-electron chi connectivity index (χ1n) is 39.1. The van der Waals surface area contributed by atoms with Crippen molar-refractivity contribution in [3.8, 4) is 0 Å². The molecule has 0 heterocycles. The number of unbranched alkanes of at least 4 members (excludes halogenated alkanes) is 45. The van der Waals surface area contributed by atoms with Gasteiger partial charge in [0.25, 0.3) is 0 Å². The standard InChI is InChI=1S/C82H151N2O6P/c1-6-8-10-12-14-16-18-20-22-24-26-28-30-32-34-36-38-40-41-42-43-44-46-48-50-52-54-56-58-60-62-64-66-68-70-72-74-76-82(86)83-80(79-90-91(87,88)89-78-77-84(3,4)5)81(85)75-73-71-69-67-65-63-61-59-57-55-53-51-49-47-45-39-37-35-33-31-29-27-25-23-21-19-17-15-13-11-9-7-2/h8,10,14,16,20,22,26,28,32,34,38,40,42-43,73,75,80-81,85H,6-7,9,11-13,15,17-19,21,23-25,27,29-31,33,35-37,39,41,44-72,74,76-79H2,1-5H3,(H-,83,86,87,88)/p+1/b10-8-,16-14-,22-20-,28-26-,34-32-,40-38-,43-42-,75-73+. The molecule has 0 rings (SSSR count). The van der Waals surface area contributed by atoms with Crippen LogP contribution in [0.4, 0.5) is 0 Å². The number of amides is 1. The van der Waals surface area contributed by atoms with Crippen molar-refractivity contribution in [1.82, 2.24) is 5.32 Å². The second kappa shape index (κ2) is 71.7. The molecule has 0 radical (unpaired) electrons. The molecule has 1 amide bonds. The molecule has 0 spiro atoms. The molecule has 91 heavy (non-hydrogen) atoms. The Kier molecular flexibility index (Phi) is 69.7. The van der Waals surface area contributed by atoms with Crippen LogP contribution in [0.2, 0.25) is 0 Å². The number of aliphatic hydroxyl groups is 1. The van der Waals surface area contributed by atoms with E-state index in [-0.39, 0.29) is 19.1 Å². The van der Waals surface area contributed by atoms with Crippen LogP contribution in [-0.4, -0.2) is 73.4 Å². The minimum atomic E-state index is -4.36. The van der Waals surface area contributed by atoms with Crippen LogP contribution in [0, 0.1) is 0 Å². The van der Waals surface area contributed by atoms with Crippen LogP contribution < -0.4 is 5.32 Å². The number of hydrogen-bond acceptors (Lipinski definition) is 5. The molecule has 3 unspecified atom stereocenters. The molecule has 530 valence electrons. The van der Waals surface area contributed by atoms with Gasteiger partial charge in [0.05, 0.1) is 39.9 Å². The Hall–Kier alpha value is -2.58. The van der Waals surface area contributed by atoms with E-state index in [4.69, 9.17) is 9.05 Å². The van der Waals surface area contributed by atoms with E-state index in [0.29, 0.717) is 17.4 Å².